The Hall–Kier alpha value is -2.37. The van der Waals surface area contributed by atoms with Gasteiger partial charge >= 0.3 is 0 Å². The third-order valence-corrected chi connectivity index (χ3v) is 8.45. The lowest BCUT2D eigenvalue weighted by atomic mass is 10.1. The zero-order valence-corrected chi connectivity index (χ0v) is 16.3. The average molecular weight is 360 g/mol. The molecule has 26 heavy (non-hydrogen) atoms. The normalized spacial score (nSPS) is 11.3. The van der Waals surface area contributed by atoms with Crippen LogP contribution in [0, 0.1) is 5.92 Å². The van der Waals surface area contributed by atoms with Gasteiger partial charge in [-0.1, -0.05) is 105 Å². The number of ketones is 1. The third-order valence-electron chi connectivity index (χ3n) is 4.44. The van der Waals surface area contributed by atoms with Gasteiger partial charge in [-0.05, 0) is 34.5 Å². The summed E-state index contributed by atoms with van der Waals surface area (Å²) >= 11 is 0. The summed E-state index contributed by atoms with van der Waals surface area (Å²) < 4.78 is 0. The van der Waals surface area contributed by atoms with Crippen LogP contribution < -0.4 is 15.9 Å². The molecule has 0 saturated heterocycles. The molecule has 3 aromatic carbocycles. The first kappa shape index (κ1) is 18.4. The van der Waals surface area contributed by atoms with Gasteiger partial charge in [0, 0.05) is 6.42 Å². The van der Waals surface area contributed by atoms with Gasteiger partial charge in [-0.25, -0.2) is 0 Å². The van der Waals surface area contributed by atoms with Crippen molar-refractivity contribution in [2.24, 2.45) is 5.92 Å². The Morgan fingerprint density at radius 3 is 1.38 bits per heavy atom. The van der Waals surface area contributed by atoms with Gasteiger partial charge in [0.2, 0.25) is 0 Å². The van der Waals surface area contributed by atoms with Gasteiger partial charge in [-0.2, -0.15) is 0 Å². The summed E-state index contributed by atoms with van der Waals surface area (Å²) in [5.74, 6) is 2.61. The van der Waals surface area contributed by atoms with E-state index in [2.05, 4.69) is 86.6 Å². The van der Waals surface area contributed by atoms with Crippen molar-refractivity contribution in [2.75, 3.05) is 0 Å². The van der Waals surface area contributed by atoms with E-state index in [1.165, 1.54) is 15.9 Å². The summed E-state index contributed by atoms with van der Waals surface area (Å²) in [5.41, 5.74) is 0. The Bertz CT molecular complexity index is 793. The van der Waals surface area contributed by atoms with E-state index >= 15 is 0 Å². The van der Waals surface area contributed by atoms with E-state index < -0.39 is 6.89 Å². The maximum atomic E-state index is 13.0. The lowest BCUT2D eigenvalue weighted by Crippen LogP contribution is -2.28. The highest BCUT2D eigenvalue weighted by Crippen LogP contribution is 2.43. The fraction of sp³-hybridized carbons (Fsp3) is 0.167. The molecule has 3 aromatic rings. The predicted octanol–water partition coefficient (Wildman–Crippen LogP) is 4.40. The van der Waals surface area contributed by atoms with Crippen molar-refractivity contribution in [3.05, 3.63) is 91.0 Å². The minimum Gasteiger partial charge on any atom is -0.295 e. The van der Waals surface area contributed by atoms with Crippen LogP contribution in [0.3, 0.4) is 0 Å². The molecule has 0 radical (unpaired) electrons. The van der Waals surface area contributed by atoms with Crippen molar-refractivity contribution in [3.63, 3.8) is 0 Å². The highest BCUT2D eigenvalue weighted by molar-refractivity contribution is 7.95. The molecule has 0 heterocycles. The van der Waals surface area contributed by atoms with E-state index in [0.29, 0.717) is 12.3 Å². The second-order valence-electron chi connectivity index (χ2n) is 6.92. The minimum atomic E-state index is -2.14. The van der Waals surface area contributed by atoms with Gasteiger partial charge < -0.3 is 0 Å². The SMILES string of the molecule is CC(C)CC(=O)C=P(c1ccccc1)(c1ccccc1)c1ccccc1. The van der Waals surface area contributed by atoms with Gasteiger partial charge in [0.05, 0.1) is 0 Å². The third kappa shape index (κ3) is 3.89. The molecule has 0 amide bonds. The van der Waals surface area contributed by atoms with Crippen LogP contribution in [0.1, 0.15) is 20.3 Å². The van der Waals surface area contributed by atoms with Gasteiger partial charge in [-0.15, -0.1) is 0 Å². The first-order valence-electron chi connectivity index (χ1n) is 9.07. The lowest BCUT2D eigenvalue weighted by Gasteiger charge is -2.28. The van der Waals surface area contributed by atoms with E-state index in [1.54, 1.807) is 0 Å². The molecule has 0 N–H and O–H groups in total. The summed E-state index contributed by atoms with van der Waals surface area (Å²) in [5, 5.41) is 3.65. The summed E-state index contributed by atoms with van der Waals surface area (Å²) in [6.07, 6.45) is 0.578. The van der Waals surface area contributed by atoms with Crippen LogP contribution in [0.15, 0.2) is 91.0 Å². The summed E-state index contributed by atoms with van der Waals surface area (Å²) in [7, 11) is 0. The molecule has 0 aromatic heterocycles. The molecule has 0 atom stereocenters. The smallest absolute Gasteiger partial charge is 0.157 e. The second-order valence-corrected chi connectivity index (χ2v) is 10.2. The number of hydrogen-bond donors (Lipinski definition) is 0. The minimum absolute atomic E-state index is 0.227. The van der Waals surface area contributed by atoms with Crippen molar-refractivity contribution in [1.82, 2.24) is 0 Å². The van der Waals surface area contributed by atoms with E-state index in [1.807, 2.05) is 24.0 Å². The number of hydrogen-bond acceptors (Lipinski definition) is 1. The maximum Gasteiger partial charge on any atom is 0.157 e. The monoisotopic (exact) mass is 360 g/mol. The molecule has 0 unspecified atom stereocenters. The molecule has 0 bridgehead atoms. The molecule has 0 aliphatic carbocycles. The van der Waals surface area contributed by atoms with Gasteiger partial charge in [0.15, 0.2) is 5.78 Å². The standard InChI is InChI=1S/C24H25OP/c1-20(2)18-21(25)19-26(22-12-6-3-7-13-22,23-14-8-4-9-15-23)24-16-10-5-11-17-24/h3-17,19-20H,18H2,1-2H3. The molecule has 0 aliphatic rings. The van der Waals surface area contributed by atoms with Crippen LogP contribution in [0.2, 0.25) is 0 Å². The topological polar surface area (TPSA) is 17.1 Å². The van der Waals surface area contributed by atoms with Crippen molar-refractivity contribution in [2.45, 2.75) is 20.3 Å². The Morgan fingerprint density at radius 2 is 1.08 bits per heavy atom. The summed E-state index contributed by atoms with van der Waals surface area (Å²) in [4.78, 5) is 13.0. The summed E-state index contributed by atoms with van der Waals surface area (Å²) in [6.45, 7) is 2.05. The number of carbonyl (C=O) groups excluding carboxylic acids is 1. The lowest BCUT2D eigenvalue weighted by molar-refractivity contribution is -0.113. The van der Waals surface area contributed by atoms with Crippen LogP contribution >= 0.6 is 6.89 Å². The van der Waals surface area contributed by atoms with Crippen molar-refractivity contribution in [3.8, 4) is 0 Å². The van der Waals surface area contributed by atoms with E-state index in [9.17, 15) is 4.79 Å². The van der Waals surface area contributed by atoms with Crippen molar-refractivity contribution >= 4 is 34.4 Å². The first-order valence-corrected chi connectivity index (χ1v) is 10.9. The quantitative estimate of drug-likeness (QED) is 0.596. The Labute approximate surface area is 156 Å². The Balaban J connectivity index is 2.36. The van der Waals surface area contributed by atoms with E-state index in [-0.39, 0.29) is 5.78 Å². The van der Waals surface area contributed by atoms with Crippen LogP contribution in [-0.2, 0) is 4.79 Å². The Kier molecular flexibility index (Phi) is 5.91. The number of Topliss-reactive ketones (excluding diaryl/α,β-unsaturated/α-hetero) is 1. The highest BCUT2D eigenvalue weighted by Gasteiger charge is 2.26. The molecule has 132 valence electrons. The van der Waals surface area contributed by atoms with E-state index in [0.717, 1.165) is 0 Å². The zero-order chi connectivity index (χ0) is 18.4. The van der Waals surface area contributed by atoms with E-state index in [4.69, 9.17) is 0 Å². The second kappa shape index (κ2) is 8.34. The van der Waals surface area contributed by atoms with Crippen LogP contribution in [0.5, 0.6) is 0 Å². The molecule has 1 nitrogen and oxygen atoms in total. The molecule has 0 saturated carbocycles. The van der Waals surface area contributed by atoms with Crippen molar-refractivity contribution < 1.29 is 4.79 Å². The molecule has 3 rings (SSSR count). The van der Waals surface area contributed by atoms with Crippen LogP contribution in [-0.4, -0.2) is 11.6 Å². The fourth-order valence-electron chi connectivity index (χ4n) is 3.33. The maximum absolute atomic E-state index is 13.0. The molecule has 0 fully saturated rings. The fourth-order valence-corrected chi connectivity index (χ4v) is 7.14. The molecular weight excluding hydrogens is 335 g/mol. The molecular formula is C24H25OP. The van der Waals surface area contributed by atoms with Crippen molar-refractivity contribution in [1.29, 1.82) is 0 Å². The largest absolute Gasteiger partial charge is 0.295 e. The van der Waals surface area contributed by atoms with Gasteiger partial charge in [0.25, 0.3) is 0 Å². The average Bonchev–Trinajstić information content (AvgIpc) is 2.67. The summed E-state index contributed by atoms with van der Waals surface area (Å²) in [6, 6.07) is 31.5. The number of carbonyl (C=O) groups is 1. The molecule has 0 spiro atoms. The number of benzene rings is 3. The number of rotatable bonds is 6. The first-order chi connectivity index (χ1) is 12.6. The zero-order valence-electron chi connectivity index (χ0n) is 15.4. The molecule has 0 aliphatic heterocycles. The van der Waals surface area contributed by atoms with Crippen LogP contribution in [0.4, 0.5) is 0 Å². The Morgan fingerprint density at radius 1 is 0.731 bits per heavy atom. The van der Waals surface area contributed by atoms with Gasteiger partial charge in [-0.3, -0.25) is 4.79 Å². The predicted molar refractivity (Wildman–Crippen MR) is 116 cm³/mol. The van der Waals surface area contributed by atoms with Gasteiger partial charge in [0.1, 0.15) is 0 Å². The van der Waals surface area contributed by atoms with Crippen LogP contribution in [0.25, 0.3) is 0 Å². The highest BCUT2D eigenvalue weighted by atomic mass is 31.2. The molecule has 2 heteroatoms.